The van der Waals surface area contributed by atoms with E-state index in [0.717, 1.165) is 21.6 Å². The number of hydrogen-bond donors (Lipinski definition) is 0. The smallest absolute Gasteiger partial charge is 0.168 e. The fourth-order valence-corrected chi connectivity index (χ4v) is 4.16. The molecule has 2 nitrogen and oxygen atoms in total. The quantitative estimate of drug-likeness (QED) is 0.642. The van der Waals surface area contributed by atoms with Crippen LogP contribution in [0.2, 0.25) is 0 Å². The van der Waals surface area contributed by atoms with Gasteiger partial charge in [0.15, 0.2) is 11.6 Å². The number of halogens is 2. The zero-order valence-electron chi connectivity index (χ0n) is 12.7. The minimum absolute atomic E-state index is 0.155. The Morgan fingerprint density at radius 3 is 2.61 bits per heavy atom. The largest absolute Gasteiger partial charge is 0.299 e. The number of hydrogen-bond acceptors (Lipinski definition) is 3. The van der Waals surface area contributed by atoms with E-state index in [2.05, 4.69) is 4.98 Å². The van der Waals surface area contributed by atoms with Gasteiger partial charge in [-0.15, -0.1) is 11.3 Å². The highest BCUT2D eigenvalue weighted by atomic mass is 32.1. The van der Waals surface area contributed by atoms with Crippen molar-refractivity contribution in [3.63, 3.8) is 0 Å². The van der Waals surface area contributed by atoms with Crippen molar-refractivity contribution in [3.8, 4) is 21.7 Å². The lowest BCUT2D eigenvalue weighted by Gasteiger charge is -2.27. The topological polar surface area (TPSA) is 16.1 Å². The Labute approximate surface area is 137 Å². The Morgan fingerprint density at radius 1 is 1.04 bits per heavy atom. The van der Waals surface area contributed by atoms with E-state index in [-0.39, 0.29) is 11.6 Å². The molecule has 3 aromatic rings. The van der Waals surface area contributed by atoms with Gasteiger partial charge >= 0.3 is 0 Å². The summed E-state index contributed by atoms with van der Waals surface area (Å²) in [5, 5.41) is 0. The first-order valence-corrected chi connectivity index (χ1v) is 8.15. The van der Waals surface area contributed by atoms with Gasteiger partial charge in [-0.3, -0.25) is 4.90 Å². The molecule has 4 rings (SSSR count). The number of aromatic nitrogens is 1. The van der Waals surface area contributed by atoms with Gasteiger partial charge in [-0.05, 0) is 36.9 Å². The van der Waals surface area contributed by atoms with Crippen LogP contribution in [0.5, 0.6) is 0 Å². The van der Waals surface area contributed by atoms with Crippen molar-refractivity contribution < 1.29 is 8.78 Å². The Kier molecular flexibility index (Phi) is 3.28. The van der Waals surface area contributed by atoms with Crippen LogP contribution < -0.4 is 0 Å². The molecule has 1 atom stereocenters. The molecule has 0 aliphatic heterocycles. The first kappa shape index (κ1) is 14.5. The lowest BCUT2D eigenvalue weighted by atomic mass is 9.93. The molecule has 0 amide bonds. The van der Waals surface area contributed by atoms with E-state index >= 15 is 0 Å². The van der Waals surface area contributed by atoms with E-state index in [1.54, 1.807) is 11.6 Å². The van der Waals surface area contributed by atoms with Crippen LogP contribution in [0.4, 0.5) is 8.78 Å². The number of rotatable bonds is 1. The van der Waals surface area contributed by atoms with Crippen molar-refractivity contribution in [1.29, 1.82) is 0 Å². The van der Waals surface area contributed by atoms with Gasteiger partial charge in [-0.1, -0.05) is 30.3 Å². The first-order chi connectivity index (χ1) is 11.1. The molecular weight excluding hydrogens is 314 g/mol. The molecule has 1 aliphatic carbocycles. The van der Waals surface area contributed by atoms with Crippen molar-refractivity contribution in [1.82, 2.24) is 9.88 Å². The lowest BCUT2D eigenvalue weighted by molar-refractivity contribution is 0.342. The third-order valence-corrected chi connectivity index (χ3v) is 5.10. The molecule has 0 bridgehead atoms. The average Bonchev–Trinajstić information content (AvgIpc) is 2.96. The Balaban J connectivity index is 2.17. The number of thiazole rings is 1. The van der Waals surface area contributed by atoms with Crippen LogP contribution in [0, 0.1) is 11.6 Å². The van der Waals surface area contributed by atoms with Gasteiger partial charge in [0.2, 0.25) is 0 Å². The van der Waals surface area contributed by atoms with Crippen LogP contribution in [0.1, 0.15) is 17.2 Å². The maximum Gasteiger partial charge on any atom is 0.168 e. The molecule has 0 saturated heterocycles. The van der Waals surface area contributed by atoms with Crippen molar-refractivity contribution in [3.05, 3.63) is 64.7 Å². The summed E-state index contributed by atoms with van der Waals surface area (Å²) in [6.07, 6.45) is 0. The third-order valence-electron chi connectivity index (χ3n) is 4.24. The average molecular weight is 328 g/mol. The lowest BCUT2D eigenvalue weighted by Crippen LogP contribution is -2.22. The summed E-state index contributed by atoms with van der Waals surface area (Å²) in [5.41, 5.74) is 5.33. The molecule has 1 aliphatic rings. The van der Waals surface area contributed by atoms with Crippen molar-refractivity contribution in [2.24, 2.45) is 0 Å². The SMILES string of the molecule is CN(C)C1c2ccccc2-c2scnc2-c2c1ccc(F)c2F. The zero-order chi connectivity index (χ0) is 16.1. The second-order valence-corrected chi connectivity index (χ2v) is 6.66. The van der Waals surface area contributed by atoms with Crippen LogP contribution >= 0.6 is 11.3 Å². The van der Waals surface area contributed by atoms with Crippen LogP contribution in [-0.2, 0) is 0 Å². The highest BCUT2D eigenvalue weighted by Gasteiger charge is 2.32. The van der Waals surface area contributed by atoms with Crippen LogP contribution in [-0.4, -0.2) is 24.0 Å². The molecular formula is C18H14F2N2S. The van der Waals surface area contributed by atoms with Crippen molar-refractivity contribution >= 4 is 11.3 Å². The number of fused-ring (bicyclic) bond motifs is 5. The first-order valence-electron chi connectivity index (χ1n) is 7.27. The molecule has 2 aromatic carbocycles. The normalized spacial score (nSPS) is 15.8. The van der Waals surface area contributed by atoms with E-state index in [1.165, 1.54) is 17.4 Å². The van der Waals surface area contributed by atoms with E-state index in [9.17, 15) is 8.78 Å². The predicted octanol–water partition coefficient (Wildman–Crippen LogP) is 4.72. The maximum atomic E-state index is 14.7. The molecule has 0 fully saturated rings. The summed E-state index contributed by atoms with van der Waals surface area (Å²) in [6.45, 7) is 0. The molecule has 116 valence electrons. The van der Waals surface area contributed by atoms with Crippen molar-refractivity contribution in [2.75, 3.05) is 14.1 Å². The van der Waals surface area contributed by atoms with Crippen LogP contribution in [0.15, 0.2) is 41.9 Å². The summed E-state index contributed by atoms with van der Waals surface area (Å²) in [6, 6.07) is 10.7. The Morgan fingerprint density at radius 2 is 1.83 bits per heavy atom. The van der Waals surface area contributed by atoms with E-state index in [1.807, 2.05) is 43.3 Å². The van der Waals surface area contributed by atoms with Crippen LogP contribution in [0.3, 0.4) is 0 Å². The predicted molar refractivity (Wildman–Crippen MR) is 88.4 cm³/mol. The van der Waals surface area contributed by atoms with Gasteiger partial charge in [-0.25, -0.2) is 13.8 Å². The van der Waals surface area contributed by atoms with Gasteiger partial charge in [0.05, 0.1) is 22.1 Å². The standard InChI is InChI=1S/C18H14F2N2S/c1-22(2)17-10-5-3-4-6-11(10)18-16(21-9-23-18)14-12(17)7-8-13(19)15(14)20/h3-9,17H,1-2H3. The van der Waals surface area contributed by atoms with Gasteiger partial charge in [0.25, 0.3) is 0 Å². The number of nitrogens with zero attached hydrogens (tertiary/aromatic N) is 2. The van der Waals surface area contributed by atoms with Crippen LogP contribution in [0.25, 0.3) is 21.7 Å². The second-order valence-electron chi connectivity index (χ2n) is 5.81. The maximum absolute atomic E-state index is 14.7. The fourth-order valence-electron chi connectivity index (χ4n) is 3.32. The van der Waals surface area contributed by atoms with Gasteiger partial charge in [-0.2, -0.15) is 0 Å². The zero-order valence-corrected chi connectivity index (χ0v) is 13.5. The Bertz CT molecular complexity index is 902. The summed E-state index contributed by atoms with van der Waals surface area (Å²) in [5.74, 6) is -1.67. The molecule has 0 saturated carbocycles. The van der Waals surface area contributed by atoms with E-state index < -0.39 is 11.6 Å². The molecule has 0 radical (unpaired) electrons. The third kappa shape index (κ3) is 2.04. The minimum atomic E-state index is -0.842. The molecule has 23 heavy (non-hydrogen) atoms. The monoisotopic (exact) mass is 328 g/mol. The minimum Gasteiger partial charge on any atom is -0.299 e. The molecule has 1 unspecified atom stereocenters. The highest BCUT2D eigenvalue weighted by molar-refractivity contribution is 7.13. The molecule has 0 spiro atoms. The summed E-state index contributed by atoms with van der Waals surface area (Å²) < 4.78 is 28.5. The summed E-state index contributed by atoms with van der Waals surface area (Å²) in [4.78, 5) is 7.25. The molecule has 0 N–H and O–H groups in total. The van der Waals surface area contributed by atoms with E-state index in [4.69, 9.17) is 0 Å². The number of benzene rings is 2. The molecule has 5 heteroatoms. The summed E-state index contributed by atoms with van der Waals surface area (Å²) >= 11 is 1.45. The van der Waals surface area contributed by atoms with Gasteiger partial charge < -0.3 is 0 Å². The Hall–Kier alpha value is -2.11. The molecule has 1 aromatic heterocycles. The van der Waals surface area contributed by atoms with Crippen molar-refractivity contribution in [2.45, 2.75) is 6.04 Å². The van der Waals surface area contributed by atoms with E-state index in [0.29, 0.717) is 5.69 Å². The molecule has 1 heterocycles. The van der Waals surface area contributed by atoms with Gasteiger partial charge in [0.1, 0.15) is 0 Å². The van der Waals surface area contributed by atoms with Gasteiger partial charge in [0, 0.05) is 5.56 Å². The second kappa shape index (κ2) is 5.22. The highest BCUT2D eigenvalue weighted by Crippen LogP contribution is 2.48. The fraction of sp³-hybridized carbons (Fsp3) is 0.167. The summed E-state index contributed by atoms with van der Waals surface area (Å²) in [7, 11) is 3.89.